The molecule has 0 bridgehead atoms. The van der Waals surface area contributed by atoms with Crippen LogP contribution >= 0.6 is 0 Å². The number of nitrogens with zero attached hydrogens (tertiary/aromatic N) is 1. The summed E-state index contributed by atoms with van der Waals surface area (Å²) in [6.07, 6.45) is 2.80. The van der Waals surface area contributed by atoms with Crippen LogP contribution in [0.1, 0.15) is 50.7 Å². The summed E-state index contributed by atoms with van der Waals surface area (Å²) in [6.45, 7) is 4.38. The van der Waals surface area contributed by atoms with Crippen molar-refractivity contribution in [2.45, 2.75) is 57.5 Å². The average Bonchev–Trinajstić information content (AvgIpc) is 3.30. The second kappa shape index (κ2) is 7.50. The number of fused-ring (bicyclic) bond motifs is 4. The first-order valence-electron chi connectivity index (χ1n) is 10.8. The average molecular weight is 413 g/mol. The lowest BCUT2D eigenvalue weighted by molar-refractivity contribution is -0.734. The van der Waals surface area contributed by atoms with Crippen LogP contribution in [0.5, 0.6) is 0 Å². The smallest absolute Gasteiger partial charge is 0.291 e. The van der Waals surface area contributed by atoms with E-state index in [1.165, 1.54) is 4.90 Å². The number of nitrogens with one attached hydrogen (secondary N) is 1. The molecular formula is C22H29N4O4+. The minimum Gasteiger partial charge on any atom is -0.370 e. The van der Waals surface area contributed by atoms with Crippen molar-refractivity contribution in [3.63, 3.8) is 0 Å². The van der Waals surface area contributed by atoms with E-state index in [1.807, 2.05) is 37.4 Å². The van der Waals surface area contributed by atoms with E-state index in [-0.39, 0.29) is 30.2 Å². The third-order valence-corrected chi connectivity index (χ3v) is 6.92. The molecule has 2 saturated heterocycles. The van der Waals surface area contributed by atoms with E-state index >= 15 is 0 Å². The SMILES string of the molecule is CCCCN1C(=O)[C@@H]2[C@H](CCC(N)=O)[NH2+][C@@]3(C(=O)Nc4c(CC)cccc43)[C@@H]2C1=O. The van der Waals surface area contributed by atoms with Gasteiger partial charge >= 0.3 is 0 Å². The summed E-state index contributed by atoms with van der Waals surface area (Å²) in [6, 6.07) is 5.38. The Hall–Kier alpha value is -2.74. The van der Waals surface area contributed by atoms with Crippen molar-refractivity contribution in [1.82, 2.24) is 4.90 Å². The summed E-state index contributed by atoms with van der Waals surface area (Å²) in [5.74, 6) is -2.61. The molecule has 1 aromatic rings. The molecule has 4 amide bonds. The molecule has 3 heterocycles. The first-order valence-corrected chi connectivity index (χ1v) is 10.8. The summed E-state index contributed by atoms with van der Waals surface area (Å²) >= 11 is 0. The lowest BCUT2D eigenvalue weighted by Crippen LogP contribution is -2.99. The van der Waals surface area contributed by atoms with Gasteiger partial charge in [-0.1, -0.05) is 38.5 Å². The van der Waals surface area contributed by atoms with Crippen LogP contribution in [0.15, 0.2) is 18.2 Å². The normalized spacial score (nSPS) is 29.5. The van der Waals surface area contributed by atoms with E-state index in [0.29, 0.717) is 13.0 Å². The van der Waals surface area contributed by atoms with Crippen LogP contribution in [0.4, 0.5) is 5.69 Å². The van der Waals surface area contributed by atoms with Crippen LogP contribution < -0.4 is 16.4 Å². The van der Waals surface area contributed by atoms with Gasteiger partial charge in [0.1, 0.15) is 17.9 Å². The van der Waals surface area contributed by atoms with E-state index in [9.17, 15) is 19.2 Å². The first kappa shape index (κ1) is 20.5. The van der Waals surface area contributed by atoms with Gasteiger partial charge in [0.25, 0.3) is 5.91 Å². The van der Waals surface area contributed by atoms with Gasteiger partial charge in [-0.15, -0.1) is 0 Å². The highest BCUT2D eigenvalue weighted by atomic mass is 16.2. The number of benzene rings is 1. The Morgan fingerprint density at radius 1 is 1.23 bits per heavy atom. The number of hydrogen-bond acceptors (Lipinski definition) is 4. The number of anilines is 1. The Bertz CT molecular complexity index is 930. The maximum absolute atomic E-state index is 13.5. The molecule has 4 atom stereocenters. The number of amides is 4. The van der Waals surface area contributed by atoms with Crippen molar-refractivity contribution in [2.75, 3.05) is 11.9 Å². The number of carbonyl (C=O) groups excluding carboxylic acids is 4. The largest absolute Gasteiger partial charge is 0.370 e. The zero-order valence-electron chi connectivity index (χ0n) is 17.4. The highest BCUT2D eigenvalue weighted by Gasteiger charge is 2.74. The second-order valence-corrected chi connectivity index (χ2v) is 8.54. The Labute approximate surface area is 175 Å². The minimum atomic E-state index is -1.18. The Balaban J connectivity index is 1.82. The van der Waals surface area contributed by atoms with Crippen molar-refractivity contribution in [2.24, 2.45) is 17.6 Å². The molecule has 4 rings (SSSR count). The third kappa shape index (κ3) is 2.77. The molecule has 5 N–H and O–H groups in total. The summed E-state index contributed by atoms with van der Waals surface area (Å²) in [5.41, 5.74) is 6.70. The third-order valence-electron chi connectivity index (χ3n) is 6.92. The number of para-hydroxylation sites is 1. The molecule has 0 aromatic heterocycles. The van der Waals surface area contributed by atoms with Gasteiger partial charge in [-0.05, 0) is 18.4 Å². The summed E-state index contributed by atoms with van der Waals surface area (Å²) in [5, 5.41) is 4.86. The van der Waals surface area contributed by atoms with Crippen LogP contribution in [0.25, 0.3) is 0 Å². The highest BCUT2D eigenvalue weighted by molar-refractivity contribution is 6.14. The maximum atomic E-state index is 13.5. The van der Waals surface area contributed by atoms with Crippen molar-refractivity contribution < 1.29 is 24.5 Å². The van der Waals surface area contributed by atoms with Gasteiger partial charge in [-0.25, -0.2) is 0 Å². The molecule has 30 heavy (non-hydrogen) atoms. The van der Waals surface area contributed by atoms with Gasteiger partial charge in [0.05, 0.1) is 5.69 Å². The zero-order valence-corrected chi connectivity index (χ0v) is 17.4. The molecule has 0 unspecified atom stereocenters. The number of nitrogens with two attached hydrogens (primary N) is 2. The van der Waals surface area contributed by atoms with Gasteiger partial charge in [0.15, 0.2) is 0 Å². The molecule has 3 aliphatic rings. The molecule has 3 aliphatic heterocycles. The number of aryl methyl sites for hydroxylation is 1. The van der Waals surface area contributed by atoms with Crippen LogP contribution in [0, 0.1) is 11.8 Å². The van der Waals surface area contributed by atoms with Crippen molar-refractivity contribution in [1.29, 1.82) is 0 Å². The van der Waals surface area contributed by atoms with Gasteiger partial charge in [0, 0.05) is 24.9 Å². The lowest BCUT2D eigenvalue weighted by atomic mass is 9.76. The minimum absolute atomic E-state index is 0.111. The van der Waals surface area contributed by atoms with E-state index in [4.69, 9.17) is 5.73 Å². The molecule has 160 valence electrons. The Kier molecular flexibility index (Phi) is 5.13. The van der Waals surface area contributed by atoms with Crippen molar-refractivity contribution >= 4 is 29.3 Å². The second-order valence-electron chi connectivity index (χ2n) is 8.54. The number of imide groups is 1. The van der Waals surface area contributed by atoms with Crippen LogP contribution in [-0.2, 0) is 31.1 Å². The van der Waals surface area contributed by atoms with Crippen LogP contribution in [0.2, 0.25) is 0 Å². The standard InChI is InChI=1S/C22H28N4O4/c1-3-5-11-26-19(28)16-14(9-10-15(23)27)25-22(17(16)20(26)29)13-8-6-7-12(4-2)18(13)24-21(22)30/h6-8,14,16-17,25H,3-5,9-11H2,1-2H3,(H2,23,27)(H,24,30)/p+1/t14-,16+,17-,22+/m0/s1. The van der Waals surface area contributed by atoms with Crippen molar-refractivity contribution in [3.8, 4) is 0 Å². The number of primary amides is 1. The Morgan fingerprint density at radius 2 is 2.00 bits per heavy atom. The number of quaternary nitrogens is 1. The number of hydrogen-bond donors (Lipinski definition) is 3. The highest BCUT2D eigenvalue weighted by Crippen LogP contribution is 2.50. The van der Waals surface area contributed by atoms with E-state index in [0.717, 1.165) is 36.1 Å². The van der Waals surface area contributed by atoms with Crippen molar-refractivity contribution in [3.05, 3.63) is 29.3 Å². The van der Waals surface area contributed by atoms with E-state index in [1.54, 1.807) is 0 Å². The molecular weight excluding hydrogens is 384 g/mol. The molecule has 8 nitrogen and oxygen atoms in total. The molecule has 2 fully saturated rings. The fourth-order valence-corrected chi connectivity index (χ4v) is 5.51. The lowest BCUT2D eigenvalue weighted by Gasteiger charge is -2.26. The van der Waals surface area contributed by atoms with Gasteiger partial charge < -0.3 is 16.4 Å². The maximum Gasteiger partial charge on any atom is 0.291 e. The number of carbonyl (C=O) groups is 4. The zero-order chi connectivity index (χ0) is 21.6. The molecule has 0 radical (unpaired) electrons. The van der Waals surface area contributed by atoms with E-state index in [2.05, 4.69) is 5.32 Å². The number of rotatable bonds is 7. The first-order chi connectivity index (χ1) is 14.4. The van der Waals surface area contributed by atoms with E-state index < -0.39 is 23.3 Å². The van der Waals surface area contributed by atoms with Crippen LogP contribution in [0.3, 0.4) is 0 Å². The molecule has 8 heteroatoms. The Morgan fingerprint density at radius 3 is 2.67 bits per heavy atom. The summed E-state index contributed by atoms with van der Waals surface area (Å²) in [4.78, 5) is 52.9. The molecule has 1 spiro atoms. The predicted octanol–water partition coefficient (Wildman–Crippen LogP) is 0.00880. The molecule has 0 saturated carbocycles. The molecule has 0 aliphatic carbocycles. The number of unbranched alkanes of at least 4 members (excludes halogenated alkanes) is 1. The van der Waals surface area contributed by atoms with Gasteiger partial charge in [-0.2, -0.15) is 0 Å². The number of likely N-dealkylation sites (tertiary alicyclic amines) is 1. The fourth-order valence-electron chi connectivity index (χ4n) is 5.51. The van der Waals surface area contributed by atoms with Crippen LogP contribution in [-0.4, -0.2) is 41.1 Å². The molecule has 1 aromatic carbocycles. The monoisotopic (exact) mass is 413 g/mol. The fraction of sp³-hybridized carbons (Fsp3) is 0.545. The topological polar surface area (TPSA) is 126 Å². The van der Waals surface area contributed by atoms with Gasteiger partial charge in [0.2, 0.25) is 23.3 Å². The summed E-state index contributed by atoms with van der Waals surface area (Å²) in [7, 11) is 0. The quantitative estimate of drug-likeness (QED) is 0.544. The summed E-state index contributed by atoms with van der Waals surface area (Å²) < 4.78 is 0. The van der Waals surface area contributed by atoms with Gasteiger partial charge in [-0.3, -0.25) is 24.1 Å². The predicted molar refractivity (Wildman–Crippen MR) is 109 cm³/mol.